The van der Waals surface area contributed by atoms with Gasteiger partial charge in [0, 0.05) is 12.1 Å². The van der Waals surface area contributed by atoms with E-state index >= 15 is 0 Å². The van der Waals surface area contributed by atoms with Gasteiger partial charge in [-0.25, -0.2) is 0 Å². The summed E-state index contributed by atoms with van der Waals surface area (Å²) in [4.78, 5) is 10.9. The van der Waals surface area contributed by atoms with E-state index in [-0.39, 0.29) is 13.2 Å². The number of aliphatic hydroxyl groups is 2. The second-order valence-electron chi connectivity index (χ2n) is 3.38. The molecule has 6 heteroatoms. The van der Waals surface area contributed by atoms with Gasteiger partial charge < -0.3 is 27.0 Å². The van der Waals surface area contributed by atoms with Gasteiger partial charge in [0.1, 0.15) is 0 Å². The molecule has 0 fully saturated rings. The lowest BCUT2D eigenvalue weighted by Crippen LogP contribution is -2.23. The van der Waals surface area contributed by atoms with Crippen molar-refractivity contribution in [3.63, 3.8) is 0 Å². The lowest BCUT2D eigenvalue weighted by molar-refractivity contribution is 0.100. The highest BCUT2D eigenvalue weighted by Crippen LogP contribution is 2.19. The van der Waals surface area contributed by atoms with Gasteiger partial charge in [-0.1, -0.05) is 0 Å². The molecule has 6 nitrogen and oxygen atoms in total. The van der Waals surface area contributed by atoms with Crippen LogP contribution in [0, 0.1) is 0 Å². The largest absolute Gasteiger partial charge is 0.397 e. The molecule has 1 amide bonds. The van der Waals surface area contributed by atoms with Crippen molar-refractivity contribution in [3.8, 4) is 0 Å². The predicted molar refractivity (Wildman–Crippen MR) is 61.0 cm³/mol. The van der Waals surface area contributed by atoms with Gasteiger partial charge in [0.15, 0.2) is 0 Å². The second kappa shape index (κ2) is 5.34. The second-order valence-corrected chi connectivity index (χ2v) is 3.38. The molecule has 0 aromatic heterocycles. The highest BCUT2D eigenvalue weighted by molar-refractivity contribution is 5.94. The first kappa shape index (κ1) is 12.3. The van der Waals surface area contributed by atoms with Gasteiger partial charge in [-0.05, 0) is 18.2 Å². The number of nitrogen functional groups attached to an aromatic ring is 1. The average Bonchev–Trinajstić information content (AvgIpc) is 2.27. The minimum absolute atomic E-state index is 0.142. The van der Waals surface area contributed by atoms with Crippen LogP contribution < -0.4 is 16.8 Å². The Balaban J connectivity index is 2.78. The van der Waals surface area contributed by atoms with Crippen LogP contribution in [-0.2, 0) is 0 Å². The van der Waals surface area contributed by atoms with Crippen LogP contribution in [0.15, 0.2) is 18.2 Å². The van der Waals surface area contributed by atoms with E-state index in [1.165, 1.54) is 12.1 Å². The molecule has 0 aliphatic carbocycles. The monoisotopic (exact) mass is 225 g/mol. The number of nitrogens with one attached hydrogen (secondary N) is 1. The summed E-state index contributed by atoms with van der Waals surface area (Å²) in [7, 11) is 0. The predicted octanol–water partition coefficient (Wildman–Crippen LogP) is -0.867. The maximum absolute atomic E-state index is 10.9. The SMILES string of the molecule is NC(=O)c1ccc(N)c(NCC(O)CO)c1. The number of nitrogens with two attached hydrogens (primary N) is 2. The van der Waals surface area contributed by atoms with Crippen molar-refractivity contribution in [1.82, 2.24) is 0 Å². The number of anilines is 2. The highest BCUT2D eigenvalue weighted by Gasteiger charge is 2.07. The fraction of sp³-hybridized carbons (Fsp3) is 0.300. The number of hydrogen-bond acceptors (Lipinski definition) is 5. The van der Waals surface area contributed by atoms with E-state index in [9.17, 15) is 4.79 Å². The van der Waals surface area contributed by atoms with E-state index in [1.807, 2.05) is 0 Å². The summed E-state index contributed by atoms with van der Waals surface area (Å²) in [5.74, 6) is -0.550. The lowest BCUT2D eigenvalue weighted by atomic mass is 10.1. The summed E-state index contributed by atoms with van der Waals surface area (Å²) in [5, 5.41) is 20.6. The van der Waals surface area contributed by atoms with E-state index < -0.39 is 12.0 Å². The molecule has 0 aliphatic heterocycles. The van der Waals surface area contributed by atoms with Gasteiger partial charge in [-0.3, -0.25) is 4.79 Å². The van der Waals surface area contributed by atoms with Gasteiger partial charge in [0.2, 0.25) is 5.91 Å². The summed E-state index contributed by atoms with van der Waals surface area (Å²) < 4.78 is 0. The Morgan fingerprint density at radius 1 is 1.50 bits per heavy atom. The number of aliphatic hydroxyl groups excluding tert-OH is 2. The number of rotatable bonds is 5. The van der Waals surface area contributed by atoms with Crippen LogP contribution >= 0.6 is 0 Å². The van der Waals surface area contributed by atoms with Gasteiger partial charge in [-0.2, -0.15) is 0 Å². The Bertz CT molecular complexity index is 382. The van der Waals surface area contributed by atoms with Gasteiger partial charge in [-0.15, -0.1) is 0 Å². The van der Waals surface area contributed by atoms with E-state index in [0.717, 1.165) is 0 Å². The van der Waals surface area contributed by atoms with Crippen molar-refractivity contribution in [2.24, 2.45) is 5.73 Å². The molecule has 88 valence electrons. The summed E-state index contributed by atoms with van der Waals surface area (Å²) in [6.45, 7) is -0.203. The molecule has 0 heterocycles. The number of carbonyl (C=O) groups is 1. The van der Waals surface area contributed by atoms with Gasteiger partial charge in [0.25, 0.3) is 0 Å². The summed E-state index contributed by atoms with van der Waals surface area (Å²) in [6, 6.07) is 4.57. The zero-order valence-corrected chi connectivity index (χ0v) is 8.68. The molecule has 0 bridgehead atoms. The summed E-state index contributed by atoms with van der Waals surface area (Å²) in [6.07, 6.45) is -0.878. The number of carbonyl (C=O) groups excluding carboxylic acids is 1. The molecule has 1 aromatic rings. The topological polar surface area (TPSA) is 122 Å². The lowest BCUT2D eigenvalue weighted by Gasteiger charge is -2.12. The zero-order chi connectivity index (χ0) is 12.1. The van der Waals surface area contributed by atoms with Crippen molar-refractivity contribution >= 4 is 17.3 Å². The Kier molecular flexibility index (Phi) is 4.10. The Hall–Kier alpha value is -1.79. The third-order valence-electron chi connectivity index (χ3n) is 2.08. The molecule has 7 N–H and O–H groups in total. The van der Waals surface area contributed by atoms with Crippen LogP contribution in [0.1, 0.15) is 10.4 Å². The molecule has 0 radical (unpaired) electrons. The van der Waals surface area contributed by atoms with Crippen LogP contribution in [0.3, 0.4) is 0 Å². The molecule has 0 spiro atoms. The number of hydrogen-bond donors (Lipinski definition) is 5. The molecule has 16 heavy (non-hydrogen) atoms. The van der Waals surface area contributed by atoms with E-state index in [4.69, 9.17) is 21.7 Å². The number of benzene rings is 1. The standard InChI is InChI=1S/C10H15N3O3/c11-8-2-1-6(10(12)16)3-9(8)13-4-7(15)5-14/h1-3,7,13-15H,4-5,11H2,(H2,12,16). The minimum Gasteiger partial charge on any atom is -0.397 e. The third-order valence-corrected chi connectivity index (χ3v) is 2.08. The molecule has 0 saturated carbocycles. The molecule has 1 rings (SSSR count). The highest BCUT2D eigenvalue weighted by atomic mass is 16.3. The first-order valence-corrected chi connectivity index (χ1v) is 4.76. The Morgan fingerprint density at radius 2 is 2.19 bits per heavy atom. The summed E-state index contributed by atoms with van der Waals surface area (Å²) >= 11 is 0. The number of primary amides is 1. The van der Waals surface area contributed by atoms with E-state index in [2.05, 4.69) is 5.32 Å². The van der Waals surface area contributed by atoms with Crippen molar-refractivity contribution < 1.29 is 15.0 Å². The zero-order valence-electron chi connectivity index (χ0n) is 8.68. The molecule has 0 aliphatic rings. The van der Waals surface area contributed by atoms with Crippen molar-refractivity contribution in [2.75, 3.05) is 24.2 Å². The van der Waals surface area contributed by atoms with E-state index in [1.54, 1.807) is 6.07 Å². The Morgan fingerprint density at radius 3 is 2.75 bits per heavy atom. The first-order valence-electron chi connectivity index (χ1n) is 4.76. The molecule has 1 unspecified atom stereocenters. The van der Waals surface area contributed by atoms with Crippen LogP contribution in [0.5, 0.6) is 0 Å². The van der Waals surface area contributed by atoms with E-state index in [0.29, 0.717) is 16.9 Å². The molecule has 1 atom stereocenters. The smallest absolute Gasteiger partial charge is 0.248 e. The Labute approximate surface area is 92.9 Å². The maximum atomic E-state index is 10.9. The maximum Gasteiger partial charge on any atom is 0.248 e. The van der Waals surface area contributed by atoms with Crippen LogP contribution in [0.4, 0.5) is 11.4 Å². The summed E-state index contributed by atoms with van der Waals surface area (Å²) in [5.41, 5.74) is 12.0. The molecular weight excluding hydrogens is 210 g/mol. The molecule has 0 saturated heterocycles. The third kappa shape index (κ3) is 3.11. The van der Waals surface area contributed by atoms with Crippen molar-refractivity contribution in [1.29, 1.82) is 0 Å². The fourth-order valence-corrected chi connectivity index (χ4v) is 1.15. The van der Waals surface area contributed by atoms with Crippen molar-refractivity contribution in [3.05, 3.63) is 23.8 Å². The quantitative estimate of drug-likeness (QED) is 0.417. The minimum atomic E-state index is -0.878. The first-order chi connectivity index (χ1) is 7.54. The van der Waals surface area contributed by atoms with Crippen LogP contribution in [0.25, 0.3) is 0 Å². The number of amides is 1. The average molecular weight is 225 g/mol. The fourth-order valence-electron chi connectivity index (χ4n) is 1.15. The van der Waals surface area contributed by atoms with Gasteiger partial charge >= 0.3 is 0 Å². The van der Waals surface area contributed by atoms with Crippen LogP contribution in [-0.4, -0.2) is 35.4 Å². The molecule has 1 aromatic carbocycles. The normalized spacial score (nSPS) is 12.1. The van der Waals surface area contributed by atoms with Crippen molar-refractivity contribution in [2.45, 2.75) is 6.10 Å². The van der Waals surface area contributed by atoms with Crippen LogP contribution in [0.2, 0.25) is 0 Å². The molecular formula is C10H15N3O3. The van der Waals surface area contributed by atoms with Gasteiger partial charge in [0.05, 0.1) is 24.1 Å².